The van der Waals surface area contributed by atoms with Crippen molar-refractivity contribution in [3.63, 3.8) is 0 Å². The van der Waals surface area contributed by atoms with Gasteiger partial charge in [0.2, 0.25) is 10.0 Å². The van der Waals surface area contributed by atoms with Gasteiger partial charge < -0.3 is 10.1 Å². The minimum Gasteiger partial charge on any atom is -0.507 e. The third-order valence-corrected chi connectivity index (χ3v) is 7.12. The molecule has 4 rings (SSSR count). The van der Waals surface area contributed by atoms with Crippen molar-refractivity contribution in [3.05, 3.63) is 58.2 Å². The molecule has 0 radical (unpaired) electrons. The first-order valence-electron chi connectivity index (χ1n) is 8.96. The molecule has 0 amide bonds. The maximum absolute atomic E-state index is 13.1. The summed E-state index contributed by atoms with van der Waals surface area (Å²) in [5.74, 6) is -0.0713. The van der Waals surface area contributed by atoms with E-state index in [0.717, 1.165) is 0 Å². The maximum Gasteiger partial charge on any atom is 0.270 e. The van der Waals surface area contributed by atoms with Crippen molar-refractivity contribution in [1.82, 2.24) is 9.71 Å². The van der Waals surface area contributed by atoms with Crippen LogP contribution in [0.15, 0.2) is 57.5 Å². The highest BCUT2D eigenvalue weighted by atomic mass is 32.2. The highest BCUT2D eigenvalue weighted by molar-refractivity contribution is 7.89. The Hall–Kier alpha value is -2.89. The van der Waals surface area contributed by atoms with E-state index in [1.54, 1.807) is 17.5 Å². The summed E-state index contributed by atoms with van der Waals surface area (Å²) in [5, 5.41) is 13.5. The minimum atomic E-state index is -4.20. The van der Waals surface area contributed by atoms with Crippen LogP contribution in [0.5, 0.6) is 5.75 Å². The van der Waals surface area contributed by atoms with Gasteiger partial charge >= 0.3 is 0 Å². The van der Waals surface area contributed by atoms with Crippen LogP contribution >= 0.6 is 11.3 Å². The molecule has 1 atom stereocenters. The molecule has 2 heterocycles. The molecule has 0 aliphatic carbocycles. The molecule has 0 saturated heterocycles. The van der Waals surface area contributed by atoms with Crippen molar-refractivity contribution in [3.8, 4) is 16.9 Å². The number of phenolic OH excluding ortho intramolecular Hbond substituents is 1. The van der Waals surface area contributed by atoms with Crippen molar-refractivity contribution >= 4 is 42.3 Å². The van der Waals surface area contributed by atoms with E-state index in [9.17, 15) is 31.5 Å². The van der Waals surface area contributed by atoms with Gasteiger partial charge in [-0.1, -0.05) is 12.1 Å². The fourth-order valence-corrected chi connectivity index (χ4v) is 5.13. The van der Waals surface area contributed by atoms with Gasteiger partial charge in [-0.25, -0.2) is 26.3 Å². The van der Waals surface area contributed by atoms with Crippen LogP contribution in [0.2, 0.25) is 0 Å². The molecule has 0 aliphatic rings. The lowest BCUT2D eigenvalue weighted by Gasteiger charge is -2.12. The Morgan fingerprint density at radius 2 is 1.77 bits per heavy atom. The highest BCUT2D eigenvalue weighted by Gasteiger charge is 2.23. The molecule has 0 fully saturated rings. The fraction of sp³-hybridized carbons (Fsp3) is 0.150. The Morgan fingerprint density at radius 3 is 2.45 bits per heavy atom. The highest BCUT2D eigenvalue weighted by Crippen LogP contribution is 2.39. The van der Waals surface area contributed by atoms with Crippen molar-refractivity contribution in [2.45, 2.75) is 17.5 Å². The molecule has 2 aromatic carbocycles. The molecular weight excluding hydrogens is 453 g/mol. The van der Waals surface area contributed by atoms with Gasteiger partial charge in [0.1, 0.15) is 10.4 Å². The lowest BCUT2D eigenvalue weighted by Crippen LogP contribution is -2.33. The monoisotopic (exact) mass is 468 g/mol. The van der Waals surface area contributed by atoms with E-state index < -0.39 is 29.2 Å². The normalized spacial score (nSPS) is 13.3. The number of aromatic hydroxyl groups is 1. The second-order valence-electron chi connectivity index (χ2n) is 6.73. The maximum atomic E-state index is 13.1. The van der Waals surface area contributed by atoms with Gasteiger partial charge in [-0.15, -0.1) is 11.3 Å². The third-order valence-electron chi connectivity index (χ3n) is 4.77. The van der Waals surface area contributed by atoms with Crippen LogP contribution in [0.1, 0.15) is 0 Å². The molecule has 162 valence electrons. The first-order chi connectivity index (χ1) is 14.7. The number of fused-ring (bicyclic) bond motifs is 3. The topological polar surface area (TPSA) is 99.3 Å². The second-order valence-corrected chi connectivity index (χ2v) is 9.41. The molecule has 31 heavy (non-hydrogen) atoms. The smallest absolute Gasteiger partial charge is 0.270 e. The lowest BCUT2D eigenvalue weighted by atomic mass is 9.97. The molecule has 11 heteroatoms. The standard InChI is InChI=1S/C20H15F3N2O4S2/c21-13(19(22)23)9-24-31(28,29)11-3-1-10(2-4-11)16-15(26)6-5-14-17(16)12-7-8-30-18(12)20(27)25-14/h1-8,13,19,24,26H,9H2,(H,25,27). The molecule has 2 aromatic heterocycles. The van der Waals surface area contributed by atoms with E-state index in [2.05, 4.69) is 4.98 Å². The van der Waals surface area contributed by atoms with E-state index in [1.807, 2.05) is 4.72 Å². The number of alkyl halides is 3. The van der Waals surface area contributed by atoms with Gasteiger partial charge in [-0.3, -0.25) is 4.79 Å². The summed E-state index contributed by atoms with van der Waals surface area (Å²) in [4.78, 5) is 14.8. The van der Waals surface area contributed by atoms with Crippen LogP contribution in [0.3, 0.4) is 0 Å². The first-order valence-corrected chi connectivity index (χ1v) is 11.3. The number of phenols is 1. The van der Waals surface area contributed by atoms with E-state index >= 15 is 0 Å². The summed E-state index contributed by atoms with van der Waals surface area (Å²) in [6.45, 7) is -1.05. The number of H-pyrrole nitrogens is 1. The van der Waals surface area contributed by atoms with Crippen LogP contribution < -0.4 is 10.3 Å². The molecular formula is C20H15F3N2O4S2. The third kappa shape index (κ3) is 3.91. The largest absolute Gasteiger partial charge is 0.507 e. The van der Waals surface area contributed by atoms with Crippen LogP contribution in [0, 0.1) is 0 Å². The molecule has 0 spiro atoms. The predicted molar refractivity (Wildman–Crippen MR) is 113 cm³/mol. The van der Waals surface area contributed by atoms with Gasteiger partial charge in [-0.05, 0) is 41.3 Å². The average molecular weight is 468 g/mol. The van der Waals surface area contributed by atoms with Crippen molar-refractivity contribution in [2.24, 2.45) is 0 Å². The van der Waals surface area contributed by atoms with Crippen molar-refractivity contribution < 1.29 is 26.7 Å². The fourth-order valence-electron chi connectivity index (χ4n) is 3.29. The van der Waals surface area contributed by atoms with Gasteiger partial charge in [0.25, 0.3) is 12.0 Å². The number of benzene rings is 2. The molecule has 3 N–H and O–H groups in total. The SMILES string of the molecule is O=c1[nH]c2ccc(O)c(-c3ccc(S(=O)(=O)NCC(F)C(F)F)cc3)c2c2ccsc12. The number of halogens is 3. The number of pyridine rings is 1. The molecule has 6 nitrogen and oxygen atoms in total. The Labute approximate surface area is 178 Å². The summed E-state index contributed by atoms with van der Waals surface area (Å²) in [6, 6.07) is 10.1. The second kappa shape index (κ2) is 7.98. The zero-order chi connectivity index (χ0) is 22.3. The van der Waals surface area contributed by atoms with Crippen LogP contribution in [0.25, 0.3) is 32.1 Å². The van der Waals surface area contributed by atoms with Crippen molar-refractivity contribution in [2.75, 3.05) is 6.54 Å². The zero-order valence-electron chi connectivity index (χ0n) is 15.6. The Kier molecular flexibility index (Phi) is 5.50. The number of aromatic nitrogens is 1. The van der Waals surface area contributed by atoms with Gasteiger partial charge in [0.15, 0.2) is 6.17 Å². The quantitative estimate of drug-likeness (QED) is 0.398. The van der Waals surface area contributed by atoms with Crippen LogP contribution in [-0.4, -0.2) is 37.7 Å². The van der Waals surface area contributed by atoms with Gasteiger partial charge in [-0.2, -0.15) is 0 Å². The van der Waals surface area contributed by atoms with E-state index in [1.165, 1.54) is 41.7 Å². The molecule has 0 saturated carbocycles. The van der Waals surface area contributed by atoms with Gasteiger partial charge in [0.05, 0.1) is 4.90 Å². The summed E-state index contributed by atoms with van der Waals surface area (Å²) < 4.78 is 64.4. The number of rotatable bonds is 6. The Bertz CT molecular complexity index is 1430. The molecule has 4 aromatic rings. The number of hydrogen-bond donors (Lipinski definition) is 3. The number of nitrogens with one attached hydrogen (secondary N) is 2. The lowest BCUT2D eigenvalue weighted by molar-refractivity contribution is 0.0530. The first kappa shape index (κ1) is 21.3. The molecule has 0 bridgehead atoms. The van der Waals surface area contributed by atoms with E-state index in [4.69, 9.17) is 0 Å². The van der Waals surface area contributed by atoms with Crippen molar-refractivity contribution in [1.29, 1.82) is 0 Å². The summed E-state index contributed by atoms with van der Waals surface area (Å²) in [5.41, 5.74) is 1.12. The summed E-state index contributed by atoms with van der Waals surface area (Å²) in [7, 11) is -4.20. The van der Waals surface area contributed by atoms with Crippen LogP contribution in [0.4, 0.5) is 13.2 Å². The molecule has 1 unspecified atom stereocenters. The predicted octanol–water partition coefficient (Wildman–Crippen LogP) is 4.00. The summed E-state index contributed by atoms with van der Waals surface area (Å²) in [6.07, 6.45) is -5.91. The molecule has 0 aliphatic heterocycles. The van der Waals surface area contributed by atoms with E-state index in [0.29, 0.717) is 32.1 Å². The number of thiophene rings is 1. The van der Waals surface area contributed by atoms with Crippen LogP contribution in [-0.2, 0) is 10.0 Å². The van der Waals surface area contributed by atoms with E-state index in [-0.39, 0.29) is 16.2 Å². The zero-order valence-corrected chi connectivity index (χ0v) is 17.2. The Morgan fingerprint density at radius 1 is 1.06 bits per heavy atom. The summed E-state index contributed by atoms with van der Waals surface area (Å²) >= 11 is 1.26. The number of sulfonamides is 1. The Balaban J connectivity index is 1.77. The minimum absolute atomic E-state index is 0.0713. The number of aromatic amines is 1. The number of hydrogen-bond acceptors (Lipinski definition) is 5. The van der Waals surface area contributed by atoms with Gasteiger partial charge in [0, 0.05) is 28.4 Å². The average Bonchev–Trinajstić information content (AvgIpc) is 3.23.